The molecule has 5 heteroatoms. The molecule has 3 N–H and O–H groups in total. The zero-order valence-corrected chi connectivity index (χ0v) is 20.4. The van der Waals surface area contributed by atoms with Crippen LogP contribution in [0.3, 0.4) is 0 Å². The van der Waals surface area contributed by atoms with Crippen LogP contribution >= 0.6 is 0 Å². The van der Waals surface area contributed by atoms with Crippen LogP contribution in [0.25, 0.3) is 0 Å². The molecule has 0 aromatic rings. The zero-order valence-electron chi connectivity index (χ0n) is 20.4. The van der Waals surface area contributed by atoms with Crippen LogP contribution in [0.4, 0.5) is 0 Å². The number of carbonyl (C=O) groups is 2. The highest BCUT2D eigenvalue weighted by atomic mass is 16.4. The van der Waals surface area contributed by atoms with Crippen molar-refractivity contribution in [1.29, 1.82) is 0 Å². The first kappa shape index (κ1) is 24.2. The number of rotatable bonds is 6. The Labute approximate surface area is 193 Å². The van der Waals surface area contributed by atoms with Gasteiger partial charge in [0.1, 0.15) is 5.78 Å². The minimum absolute atomic E-state index is 0.0524. The number of ketones is 1. The fourth-order valence-electron chi connectivity index (χ4n) is 8.93. The van der Waals surface area contributed by atoms with E-state index in [0.29, 0.717) is 36.4 Å². The molecule has 0 aromatic heterocycles. The molecule has 0 amide bonds. The zero-order chi connectivity index (χ0) is 23.4. The molecule has 4 rings (SSSR count). The predicted octanol–water partition coefficient (Wildman–Crippen LogP) is 4.68. The molecule has 1 unspecified atom stereocenters. The summed E-state index contributed by atoms with van der Waals surface area (Å²) in [6, 6.07) is 0. The Morgan fingerprint density at radius 2 is 1.78 bits per heavy atom. The standard InChI is InChI=1S/C27H44O5/c1-15(6-5-7-16(2)25(31)32)19-8-9-20-24-21(14-23(30)27(19,20)4)26(3)11-10-18(28)12-17(26)13-22(24)29/h15-22,24,28-29H,5-14H2,1-4H3,(H,31,32)/t15-,16?,17+,18-,19-,20+,21+,22-,24+,26+,27-/m1/s1. The molecule has 32 heavy (non-hydrogen) atoms. The van der Waals surface area contributed by atoms with Crippen molar-refractivity contribution >= 4 is 11.8 Å². The first-order valence-corrected chi connectivity index (χ1v) is 13.1. The van der Waals surface area contributed by atoms with Crippen molar-refractivity contribution in [2.75, 3.05) is 0 Å². The number of carboxylic acid groups (broad SMARTS) is 1. The molecule has 5 nitrogen and oxygen atoms in total. The molecule has 0 saturated heterocycles. The maximum Gasteiger partial charge on any atom is 0.306 e. The molecule has 0 bridgehead atoms. The van der Waals surface area contributed by atoms with Crippen molar-refractivity contribution < 1.29 is 24.9 Å². The van der Waals surface area contributed by atoms with Gasteiger partial charge in [-0.05, 0) is 85.9 Å². The summed E-state index contributed by atoms with van der Waals surface area (Å²) in [5.41, 5.74) is -0.311. The lowest BCUT2D eigenvalue weighted by atomic mass is 9.43. The van der Waals surface area contributed by atoms with Crippen LogP contribution in [-0.4, -0.2) is 39.3 Å². The van der Waals surface area contributed by atoms with Crippen molar-refractivity contribution in [3.8, 4) is 0 Å². The van der Waals surface area contributed by atoms with Gasteiger partial charge < -0.3 is 15.3 Å². The highest BCUT2D eigenvalue weighted by molar-refractivity contribution is 5.87. The minimum atomic E-state index is -0.729. The second-order valence-corrected chi connectivity index (χ2v) is 12.5. The molecule has 0 radical (unpaired) electrons. The lowest BCUT2D eigenvalue weighted by Crippen LogP contribution is -2.61. The van der Waals surface area contributed by atoms with Crippen molar-refractivity contribution in [3.05, 3.63) is 0 Å². The first-order valence-electron chi connectivity index (χ1n) is 13.1. The lowest BCUT2D eigenvalue weighted by Gasteiger charge is -2.61. The maximum atomic E-state index is 13.8. The summed E-state index contributed by atoms with van der Waals surface area (Å²) in [7, 11) is 0. The number of aliphatic carboxylic acids is 1. The van der Waals surface area contributed by atoms with Crippen LogP contribution in [0.2, 0.25) is 0 Å². The summed E-state index contributed by atoms with van der Waals surface area (Å²) in [5, 5.41) is 30.7. The molecule has 0 spiro atoms. The molecule has 182 valence electrons. The fourth-order valence-corrected chi connectivity index (χ4v) is 8.93. The largest absolute Gasteiger partial charge is 0.481 e. The van der Waals surface area contributed by atoms with E-state index in [4.69, 9.17) is 5.11 Å². The van der Waals surface area contributed by atoms with E-state index in [1.807, 2.05) is 0 Å². The number of Topliss-reactive ketones (excluding diaryl/α,β-unsaturated/α-hetero) is 1. The number of carbonyl (C=O) groups excluding carboxylic acids is 1. The van der Waals surface area contributed by atoms with Gasteiger partial charge >= 0.3 is 5.97 Å². The number of aliphatic hydroxyl groups is 2. The summed E-state index contributed by atoms with van der Waals surface area (Å²) in [5.74, 6) is 1.06. The average Bonchev–Trinajstić information content (AvgIpc) is 3.08. The van der Waals surface area contributed by atoms with Gasteiger partial charge in [-0.3, -0.25) is 9.59 Å². The van der Waals surface area contributed by atoms with Gasteiger partial charge in [-0.1, -0.05) is 40.5 Å². The quantitative estimate of drug-likeness (QED) is 0.548. The van der Waals surface area contributed by atoms with Gasteiger partial charge in [-0.15, -0.1) is 0 Å². The Balaban J connectivity index is 1.51. The van der Waals surface area contributed by atoms with Crippen LogP contribution in [-0.2, 0) is 9.59 Å². The number of carboxylic acids is 1. The molecule has 4 aliphatic carbocycles. The first-order chi connectivity index (χ1) is 15.0. The Hall–Kier alpha value is -0.940. The average molecular weight is 449 g/mol. The second-order valence-electron chi connectivity index (χ2n) is 12.5. The highest BCUT2D eigenvalue weighted by Crippen LogP contribution is 2.67. The summed E-state index contributed by atoms with van der Waals surface area (Å²) >= 11 is 0. The van der Waals surface area contributed by atoms with E-state index >= 15 is 0 Å². The third kappa shape index (κ3) is 3.76. The van der Waals surface area contributed by atoms with Crippen molar-refractivity contribution in [2.45, 2.75) is 104 Å². The Morgan fingerprint density at radius 1 is 1.06 bits per heavy atom. The number of hydrogen-bond acceptors (Lipinski definition) is 4. The van der Waals surface area contributed by atoms with Crippen LogP contribution in [0.1, 0.15) is 91.9 Å². The van der Waals surface area contributed by atoms with Crippen molar-refractivity contribution in [2.24, 2.45) is 52.3 Å². The van der Waals surface area contributed by atoms with Crippen LogP contribution in [0, 0.1) is 52.3 Å². The van der Waals surface area contributed by atoms with E-state index in [9.17, 15) is 19.8 Å². The molecular formula is C27H44O5. The van der Waals surface area contributed by atoms with Gasteiger partial charge in [0, 0.05) is 11.8 Å². The van der Waals surface area contributed by atoms with Gasteiger partial charge in [0.25, 0.3) is 0 Å². The normalized spacial score (nSPS) is 47.8. The molecule has 4 aliphatic rings. The maximum absolute atomic E-state index is 13.8. The molecule has 0 aromatic carbocycles. The number of aliphatic hydroxyl groups excluding tert-OH is 2. The van der Waals surface area contributed by atoms with Crippen LogP contribution in [0.15, 0.2) is 0 Å². The molecule has 4 saturated carbocycles. The van der Waals surface area contributed by atoms with E-state index in [1.54, 1.807) is 6.92 Å². The van der Waals surface area contributed by atoms with Gasteiger partial charge in [-0.2, -0.15) is 0 Å². The molecule has 11 atom stereocenters. The van der Waals surface area contributed by atoms with Crippen LogP contribution < -0.4 is 0 Å². The predicted molar refractivity (Wildman–Crippen MR) is 123 cm³/mol. The fraction of sp³-hybridized carbons (Fsp3) is 0.926. The molecule has 0 heterocycles. The smallest absolute Gasteiger partial charge is 0.306 e. The summed E-state index contributed by atoms with van der Waals surface area (Å²) < 4.78 is 0. The monoisotopic (exact) mass is 448 g/mol. The number of fused-ring (bicyclic) bond motifs is 5. The van der Waals surface area contributed by atoms with E-state index in [0.717, 1.165) is 51.4 Å². The summed E-state index contributed by atoms with van der Waals surface area (Å²) in [6.45, 7) is 8.55. The van der Waals surface area contributed by atoms with E-state index < -0.39 is 5.97 Å². The molecular weight excluding hydrogens is 404 g/mol. The van der Waals surface area contributed by atoms with Crippen molar-refractivity contribution in [1.82, 2.24) is 0 Å². The van der Waals surface area contributed by atoms with Crippen molar-refractivity contribution in [3.63, 3.8) is 0 Å². The summed E-state index contributed by atoms with van der Waals surface area (Å²) in [6.07, 6.45) is 7.86. The highest BCUT2D eigenvalue weighted by Gasteiger charge is 2.65. The van der Waals surface area contributed by atoms with E-state index in [1.165, 1.54) is 0 Å². The van der Waals surface area contributed by atoms with Gasteiger partial charge in [0.15, 0.2) is 0 Å². The SMILES string of the molecule is CC(CCC[C@@H](C)[C@H]1CC[C@H]2[C@@H]3[C@H](O)C[C@@H]4C[C@H](O)CC[C@]4(C)[C@H]3CC(=O)[C@]12C)C(=O)O. The van der Waals surface area contributed by atoms with Gasteiger partial charge in [-0.25, -0.2) is 0 Å². The lowest BCUT2D eigenvalue weighted by molar-refractivity contribution is -0.181. The third-order valence-corrected chi connectivity index (χ3v) is 11.0. The Bertz CT molecular complexity index is 736. The third-order valence-electron chi connectivity index (χ3n) is 11.0. The van der Waals surface area contributed by atoms with Crippen LogP contribution in [0.5, 0.6) is 0 Å². The molecule has 4 fully saturated rings. The second kappa shape index (κ2) is 8.69. The number of hydrogen-bond donors (Lipinski definition) is 3. The molecule has 0 aliphatic heterocycles. The van der Waals surface area contributed by atoms with Gasteiger partial charge in [0.05, 0.1) is 18.1 Å². The van der Waals surface area contributed by atoms with E-state index in [-0.39, 0.29) is 46.7 Å². The summed E-state index contributed by atoms with van der Waals surface area (Å²) in [4.78, 5) is 25.0. The Morgan fingerprint density at radius 3 is 2.47 bits per heavy atom. The Kier molecular flexibility index (Phi) is 6.57. The van der Waals surface area contributed by atoms with E-state index in [2.05, 4.69) is 20.8 Å². The minimum Gasteiger partial charge on any atom is -0.481 e. The topological polar surface area (TPSA) is 94.8 Å². The van der Waals surface area contributed by atoms with Gasteiger partial charge in [0.2, 0.25) is 0 Å².